The molecule has 0 saturated heterocycles. The number of fused-ring (bicyclic) bond motifs is 1. The Morgan fingerprint density at radius 2 is 1.70 bits per heavy atom. The van der Waals surface area contributed by atoms with Gasteiger partial charge in [0.05, 0.1) is 5.25 Å². The van der Waals surface area contributed by atoms with Gasteiger partial charge in [-0.05, 0) is 30.5 Å². The van der Waals surface area contributed by atoms with E-state index in [1.165, 1.54) is 11.8 Å². The summed E-state index contributed by atoms with van der Waals surface area (Å²) in [4.78, 5) is 12.6. The van der Waals surface area contributed by atoms with Crippen LogP contribution in [0.3, 0.4) is 0 Å². The molecular formula is C21H17N3O2S. The molecule has 0 spiro atoms. The highest BCUT2D eigenvalue weighted by Crippen LogP contribution is 2.28. The van der Waals surface area contributed by atoms with Crippen LogP contribution in [0.2, 0.25) is 0 Å². The summed E-state index contributed by atoms with van der Waals surface area (Å²) in [5.41, 5.74) is 1.64. The molecule has 3 aromatic carbocycles. The van der Waals surface area contributed by atoms with Crippen LogP contribution < -0.4 is 5.32 Å². The van der Waals surface area contributed by atoms with Gasteiger partial charge in [-0.25, -0.2) is 0 Å². The van der Waals surface area contributed by atoms with E-state index in [9.17, 15) is 4.79 Å². The lowest BCUT2D eigenvalue weighted by Gasteiger charge is -2.12. The fraction of sp³-hybridized carbons (Fsp3) is 0.0952. The van der Waals surface area contributed by atoms with Crippen molar-refractivity contribution in [2.75, 3.05) is 5.32 Å². The molecule has 0 aliphatic heterocycles. The van der Waals surface area contributed by atoms with E-state index in [2.05, 4.69) is 15.5 Å². The fourth-order valence-electron chi connectivity index (χ4n) is 2.73. The highest BCUT2D eigenvalue weighted by atomic mass is 32.2. The first-order chi connectivity index (χ1) is 13.2. The second-order valence-corrected chi connectivity index (χ2v) is 7.31. The van der Waals surface area contributed by atoms with Crippen LogP contribution in [0.5, 0.6) is 0 Å². The Hall–Kier alpha value is -3.12. The van der Waals surface area contributed by atoms with Crippen molar-refractivity contribution in [2.45, 2.75) is 17.4 Å². The van der Waals surface area contributed by atoms with Crippen LogP contribution in [-0.4, -0.2) is 21.4 Å². The second kappa shape index (κ2) is 7.63. The SMILES string of the molecule is CC(Sc1nnc(-c2ccccc2)o1)C(=O)Nc1cccc2ccccc12. The molecule has 4 rings (SSSR count). The molecule has 0 radical (unpaired) electrons. The van der Waals surface area contributed by atoms with E-state index in [4.69, 9.17) is 4.42 Å². The van der Waals surface area contributed by atoms with Crippen molar-refractivity contribution in [3.63, 3.8) is 0 Å². The Bertz CT molecular complexity index is 1070. The summed E-state index contributed by atoms with van der Waals surface area (Å²) in [5.74, 6) is 0.329. The third-order valence-corrected chi connectivity index (χ3v) is 5.06. The number of amides is 1. The quantitative estimate of drug-likeness (QED) is 0.497. The molecule has 1 amide bonds. The van der Waals surface area contributed by atoms with Gasteiger partial charge in [0.2, 0.25) is 11.8 Å². The summed E-state index contributed by atoms with van der Waals surface area (Å²) in [6.07, 6.45) is 0. The number of aromatic nitrogens is 2. The van der Waals surface area contributed by atoms with E-state index in [0.717, 1.165) is 22.0 Å². The third kappa shape index (κ3) is 3.85. The van der Waals surface area contributed by atoms with E-state index >= 15 is 0 Å². The number of hydrogen-bond donors (Lipinski definition) is 1. The van der Waals surface area contributed by atoms with Crippen molar-refractivity contribution in [1.82, 2.24) is 10.2 Å². The summed E-state index contributed by atoms with van der Waals surface area (Å²) in [5, 5.41) is 13.2. The summed E-state index contributed by atoms with van der Waals surface area (Å²) in [6.45, 7) is 1.82. The molecule has 0 bridgehead atoms. The van der Waals surface area contributed by atoms with Crippen LogP contribution in [0.25, 0.3) is 22.2 Å². The standard InChI is InChI=1S/C21H17N3O2S/c1-14(27-21-24-23-20(26-21)16-9-3-2-4-10-16)19(25)22-18-13-7-11-15-8-5-6-12-17(15)18/h2-14H,1H3,(H,22,25). The minimum absolute atomic E-state index is 0.115. The topological polar surface area (TPSA) is 68.0 Å². The number of rotatable bonds is 5. The number of hydrogen-bond acceptors (Lipinski definition) is 5. The Morgan fingerprint density at radius 3 is 2.56 bits per heavy atom. The second-order valence-electron chi connectivity index (χ2n) is 6.02. The number of anilines is 1. The number of nitrogens with zero attached hydrogens (tertiary/aromatic N) is 2. The lowest BCUT2D eigenvalue weighted by Crippen LogP contribution is -2.22. The van der Waals surface area contributed by atoms with Gasteiger partial charge in [0.1, 0.15) is 0 Å². The number of carbonyl (C=O) groups is 1. The van der Waals surface area contributed by atoms with E-state index in [-0.39, 0.29) is 11.2 Å². The third-order valence-electron chi connectivity index (χ3n) is 4.12. The van der Waals surface area contributed by atoms with Crippen LogP contribution in [0.4, 0.5) is 5.69 Å². The molecule has 1 aromatic heterocycles. The van der Waals surface area contributed by atoms with Crippen molar-refractivity contribution in [3.8, 4) is 11.5 Å². The van der Waals surface area contributed by atoms with Gasteiger partial charge in [0.15, 0.2) is 0 Å². The van der Waals surface area contributed by atoms with E-state index in [1.807, 2.05) is 79.7 Å². The molecular weight excluding hydrogens is 358 g/mol. The highest BCUT2D eigenvalue weighted by Gasteiger charge is 2.19. The van der Waals surface area contributed by atoms with Gasteiger partial charge in [-0.3, -0.25) is 4.79 Å². The van der Waals surface area contributed by atoms with Gasteiger partial charge < -0.3 is 9.73 Å². The van der Waals surface area contributed by atoms with E-state index in [0.29, 0.717) is 11.1 Å². The zero-order valence-corrected chi connectivity index (χ0v) is 15.4. The van der Waals surface area contributed by atoms with Crippen molar-refractivity contribution in [3.05, 3.63) is 72.8 Å². The number of thioether (sulfide) groups is 1. The van der Waals surface area contributed by atoms with Gasteiger partial charge in [-0.2, -0.15) is 0 Å². The predicted molar refractivity (Wildman–Crippen MR) is 108 cm³/mol. The first kappa shape index (κ1) is 17.3. The van der Waals surface area contributed by atoms with Crippen LogP contribution in [0.15, 0.2) is 82.4 Å². The lowest BCUT2D eigenvalue weighted by molar-refractivity contribution is -0.115. The Kier molecular flexibility index (Phi) is 4.89. The summed E-state index contributed by atoms with van der Waals surface area (Å²) < 4.78 is 5.67. The molecule has 134 valence electrons. The average Bonchev–Trinajstić information content (AvgIpc) is 3.17. The van der Waals surface area contributed by atoms with Crippen molar-refractivity contribution in [1.29, 1.82) is 0 Å². The van der Waals surface area contributed by atoms with Crippen LogP contribution in [0.1, 0.15) is 6.92 Å². The summed E-state index contributed by atoms with van der Waals surface area (Å²) in [7, 11) is 0. The molecule has 1 heterocycles. The molecule has 0 aliphatic rings. The van der Waals surface area contributed by atoms with E-state index in [1.54, 1.807) is 0 Å². The minimum Gasteiger partial charge on any atom is -0.411 e. The van der Waals surface area contributed by atoms with Crippen LogP contribution in [0, 0.1) is 0 Å². The number of carbonyl (C=O) groups excluding carboxylic acids is 1. The largest absolute Gasteiger partial charge is 0.411 e. The maximum atomic E-state index is 12.6. The summed E-state index contributed by atoms with van der Waals surface area (Å²) in [6, 6.07) is 23.3. The fourth-order valence-corrected chi connectivity index (χ4v) is 3.41. The van der Waals surface area contributed by atoms with Gasteiger partial charge in [0, 0.05) is 16.6 Å². The van der Waals surface area contributed by atoms with Crippen LogP contribution in [-0.2, 0) is 4.79 Å². The van der Waals surface area contributed by atoms with Crippen molar-refractivity contribution >= 4 is 34.1 Å². The Morgan fingerprint density at radius 1 is 0.963 bits per heavy atom. The first-order valence-corrected chi connectivity index (χ1v) is 9.43. The molecule has 1 unspecified atom stereocenters. The number of nitrogens with one attached hydrogen (secondary N) is 1. The molecule has 1 atom stereocenters. The molecule has 4 aromatic rings. The minimum atomic E-state index is -0.381. The van der Waals surface area contributed by atoms with E-state index < -0.39 is 0 Å². The first-order valence-electron chi connectivity index (χ1n) is 8.55. The highest BCUT2D eigenvalue weighted by molar-refractivity contribution is 8.00. The Balaban J connectivity index is 1.46. The normalized spacial score (nSPS) is 12.0. The maximum Gasteiger partial charge on any atom is 0.277 e. The van der Waals surface area contributed by atoms with Crippen molar-refractivity contribution in [2.24, 2.45) is 0 Å². The average molecular weight is 375 g/mol. The van der Waals surface area contributed by atoms with Crippen LogP contribution >= 0.6 is 11.8 Å². The zero-order chi connectivity index (χ0) is 18.6. The summed E-state index contributed by atoms with van der Waals surface area (Å²) >= 11 is 1.24. The molecule has 27 heavy (non-hydrogen) atoms. The monoisotopic (exact) mass is 375 g/mol. The number of benzene rings is 3. The van der Waals surface area contributed by atoms with Gasteiger partial charge in [-0.15, -0.1) is 10.2 Å². The smallest absolute Gasteiger partial charge is 0.277 e. The molecule has 6 heteroatoms. The van der Waals surface area contributed by atoms with Gasteiger partial charge in [-0.1, -0.05) is 66.4 Å². The predicted octanol–water partition coefficient (Wildman–Crippen LogP) is 5.01. The van der Waals surface area contributed by atoms with Crippen molar-refractivity contribution < 1.29 is 9.21 Å². The Labute approximate surface area is 160 Å². The molecule has 0 saturated carbocycles. The lowest BCUT2D eigenvalue weighted by atomic mass is 10.1. The van der Waals surface area contributed by atoms with Gasteiger partial charge in [0.25, 0.3) is 5.22 Å². The molecule has 0 fully saturated rings. The zero-order valence-electron chi connectivity index (χ0n) is 14.6. The maximum absolute atomic E-state index is 12.6. The molecule has 1 N–H and O–H groups in total. The molecule has 0 aliphatic carbocycles. The molecule has 5 nitrogen and oxygen atoms in total. The van der Waals surface area contributed by atoms with Gasteiger partial charge >= 0.3 is 0 Å².